The van der Waals surface area contributed by atoms with Crippen LogP contribution in [0, 0.1) is 0 Å². The number of methoxy groups -OCH3 is 2. The monoisotopic (exact) mass is 352 g/mol. The lowest BCUT2D eigenvalue weighted by Crippen LogP contribution is -2.18. The number of hydrazone groups is 1. The first-order valence-corrected chi connectivity index (χ1v) is 8.15. The molecule has 8 nitrogen and oxygen atoms in total. The van der Waals surface area contributed by atoms with Crippen molar-refractivity contribution in [1.82, 2.24) is 4.83 Å². The van der Waals surface area contributed by atoms with Crippen molar-refractivity contribution in [3.05, 3.63) is 42.0 Å². The number of sulfonamides is 1. The van der Waals surface area contributed by atoms with E-state index in [0.29, 0.717) is 5.75 Å². The summed E-state index contributed by atoms with van der Waals surface area (Å²) in [6.07, 6.45) is 1.08. The summed E-state index contributed by atoms with van der Waals surface area (Å²) in [6.45, 7) is 0. The molecule has 128 valence electrons. The maximum Gasteiger partial charge on any atom is 0.276 e. The van der Waals surface area contributed by atoms with Crippen molar-refractivity contribution in [2.24, 2.45) is 5.10 Å². The summed E-state index contributed by atoms with van der Waals surface area (Å²) in [6, 6.07) is 8.33. The van der Waals surface area contributed by atoms with Gasteiger partial charge in [-0.2, -0.15) is 13.5 Å². The molecule has 0 atom stereocenters. The van der Waals surface area contributed by atoms with Crippen LogP contribution in [0.2, 0.25) is 0 Å². The number of ether oxygens (including phenoxy) is 2. The van der Waals surface area contributed by atoms with Crippen LogP contribution >= 0.6 is 0 Å². The van der Waals surface area contributed by atoms with E-state index in [1.807, 2.05) is 4.83 Å². The molecule has 2 rings (SSSR count). The molecule has 0 saturated carbocycles. The van der Waals surface area contributed by atoms with E-state index in [0.717, 1.165) is 6.21 Å². The molecule has 0 fully saturated rings. The van der Waals surface area contributed by atoms with E-state index in [-0.39, 0.29) is 22.0 Å². The number of aromatic hydroxyl groups is 2. The second-order valence-corrected chi connectivity index (χ2v) is 6.25. The van der Waals surface area contributed by atoms with Crippen LogP contribution in [0.1, 0.15) is 5.56 Å². The summed E-state index contributed by atoms with van der Waals surface area (Å²) in [4.78, 5) is 1.94. The number of nitrogens with one attached hydrogen (secondary N) is 1. The lowest BCUT2D eigenvalue weighted by Gasteiger charge is -2.09. The highest BCUT2D eigenvalue weighted by Crippen LogP contribution is 2.29. The molecule has 9 heteroatoms. The second kappa shape index (κ2) is 7.09. The molecule has 0 unspecified atom stereocenters. The largest absolute Gasteiger partial charge is 0.504 e. The van der Waals surface area contributed by atoms with Gasteiger partial charge in [0.05, 0.1) is 25.3 Å². The average Bonchev–Trinajstić information content (AvgIpc) is 2.57. The summed E-state index contributed by atoms with van der Waals surface area (Å²) in [5, 5.41) is 22.6. The first kappa shape index (κ1) is 17.4. The zero-order valence-electron chi connectivity index (χ0n) is 12.9. The minimum Gasteiger partial charge on any atom is -0.504 e. The lowest BCUT2D eigenvalue weighted by atomic mass is 10.2. The van der Waals surface area contributed by atoms with E-state index in [4.69, 9.17) is 9.47 Å². The Bertz CT molecular complexity index is 864. The fraction of sp³-hybridized carbons (Fsp3) is 0.133. The molecule has 24 heavy (non-hydrogen) atoms. The molecule has 0 amide bonds. The maximum absolute atomic E-state index is 12.2. The summed E-state index contributed by atoms with van der Waals surface area (Å²) >= 11 is 0. The van der Waals surface area contributed by atoms with Crippen molar-refractivity contribution in [3.63, 3.8) is 0 Å². The highest BCUT2D eigenvalue weighted by molar-refractivity contribution is 7.89. The summed E-state index contributed by atoms with van der Waals surface area (Å²) in [7, 11) is -1.10. The minimum absolute atomic E-state index is 0.0718. The highest BCUT2D eigenvalue weighted by Gasteiger charge is 2.16. The van der Waals surface area contributed by atoms with Crippen molar-refractivity contribution in [2.45, 2.75) is 4.90 Å². The summed E-state index contributed by atoms with van der Waals surface area (Å²) < 4.78 is 34.5. The quantitative estimate of drug-likeness (QED) is 0.411. The van der Waals surface area contributed by atoms with Gasteiger partial charge in [-0.15, -0.1) is 0 Å². The predicted octanol–water partition coefficient (Wildman–Crippen LogP) is 1.43. The van der Waals surface area contributed by atoms with Crippen molar-refractivity contribution in [3.8, 4) is 23.0 Å². The zero-order valence-corrected chi connectivity index (χ0v) is 13.7. The molecule has 0 radical (unpaired) electrons. The molecule has 3 N–H and O–H groups in total. The van der Waals surface area contributed by atoms with Gasteiger partial charge in [-0.25, -0.2) is 4.83 Å². The van der Waals surface area contributed by atoms with Crippen molar-refractivity contribution >= 4 is 16.2 Å². The number of hydrogen-bond donors (Lipinski definition) is 3. The number of rotatable bonds is 6. The third-order valence-corrected chi connectivity index (χ3v) is 4.31. The van der Waals surface area contributed by atoms with E-state index in [9.17, 15) is 18.6 Å². The molecule has 0 saturated heterocycles. The molecular formula is C15H16N2O6S. The van der Waals surface area contributed by atoms with Crippen LogP contribution in [0.3, 0.4) is 0 Å². The molecule has 0 bridgehead atoms. The Hall–Kier alpha value is -2.94. The third kappa shape index (κ3) is 3.69. The Morgan fingerprint density at radius 2 is 1.79 bits per heavy atom. The molecule has 2 aromatic rings. The van der Waals surface area contributed by atoms with Gasteiger partial charge in [0, 0.05) is 11.6 Å². The highest BCUT2D eigenvalue weighted by atomic mass is 32.2. The Morgan fingerprint density at radius 3 is 2.46 bits per heavy atom. The van der Waals surface area contributed by atoms with Crippen LogP contribution in [0.4, 0.5) is 0 Å². The smallest absolute Gasteiger partial charge is 0.276 e. The SMILES string of the molecule is COc1ccc(S(=O)(=O)NN=Cc2cccc(O)c2O)cc1OC. The van der Waals surface area contributed by atoms with Gasteiger partial charge in [0.15, 0.2) is 23.0 Å². The Labute approximate surface area is 139 Å². The van der Waals surface area contributed by atoms with E-state index < -0.39 is 15.8 Å². The van der Waals surface area contributed by atoms with Crippen LogP contribution < -0.4 is 14.3 Å². The molecule has 0 aliphatic heterocycles. The number of hydrogen-bond acceptors (Lipinski definition) is 7. The predicted molar refractivity (Wildman–Crippen MR) is 87.2 cm³/mol. The zero-order chi connectivity index (χ0) is 17.7. The molecule has 0 aliphatic rings. The third-order valence-electron chi connectivity index (χ3n) is 3.09. The fourth-order valence-corrected chi connectivity index (χ4v) is 2.66. The number of phenols is 2. The number of phenolic OH excluding ortho intramolecular Hbond substituents is 2. The first-order valence-electron chi connectivity index (χ1n) is 6.67. The molecule has 2 aromatic carbocycles. The van der Waals surface area contributed by atoms with E-state index >= 15 is 0 Å². The maximum atomic E-state index is 12.2. The summed E-state index contributed by atoms with van der Waals surface area (Å²) in [5.41, 5.74) is 0.157. The van der Waals surface area contributed by atoms with Crippen LogP contribution in [-0.2, 0) is 10.0 Å². The minimum atomic E-state index is -3.94. The van der Waals surface area contributed by atoms with Gasteiger partial charge in [0.1, 0.15) is 0 Å². The standard InChI is InChI=1S/C15H16N2O6S/c1-22-13-7-6-11(8-14(13)23-2)24(20,21)17-16-9-10-4-3-5-12(18)15(10)19/h3-9,17-19H,1-2H3. The van der Waals surface area contributed by atoms with Gasteiger partial charge in [0.25, 0.3) is 10.0 Å². The topological polar surface area (TPSA) is 117 Å². The number of para-hydroxylation sites is 1. The first-order chi connectivity index (χ1) is 11.4. The van der Waals surface area contributed by atoms with Gasteiger partial charge in [-0.05, 0) is 24.3 Å². The fourth-order valence-electron chi connectivity index (χ4n) is 1.85. The molecular weight excluding hydrogens is 336 g/mol. The van der Waals surface area contributed by atoms with E-state index in [1.165, 1.54) is 50.6 Å². The van der Waals surface area contributed by atoms with Crippen LogP contribution in [0.15, 0.2) is 46.4 Å². The van der Waals surface area contributed by atoms with Gasteiger partial charge in [0.2, 0.25) is 0 Å². The lowest BCUT2D eigenvalue weighted by molar-refractivity contribution is 0.354. The van der Waals surface area contributed by atoms with Crippen LogP contribution in [0.5, 0.6) is 23.0 Å². The average molecular weight is 352 g/mol. The van der Waals surface area contributed by atoms with Crippen molar-refractivity contribution < 1.29 is 28.1 Å². The van der Waals surface area contributed by atoms with Crippen LogP contribution in [0.25, 0.3) is 0 Å². The van der Waals surface area contributed by atoms with Gasteiger partial charge < -0.3 is 19.7 Å². The number of benzene rings is 2. The molecule has 0 spiro atoms. The van der Waals surface area contributed by atoms with Crippen molar-refractivity contribution in [2.75, 3.05) is 14.2 Å². The van der Waals surface area contributed by atoms with E-state index in [1.54, 1.807) is 0 Å². The normalized spacial score (nSPS) is 11.4. The Morgan fingerprint density at radius 1 is 1.08 bits per heavy atom. The summed E-state index contributed by atoms with van der Waals surface area (Å²) in [5.74, 6) is -0.0760. The Kier molecular flexibility index (Phi) is 5.14. The number of nitrogens with zero attached hydrogens (tertiary/aromatic N) is 1. The van der Waals surface area contributed by atoms with Crippen molar-refractivity contribution in [1.29, 1.82) is 0 Å². The molecule has 0 heterocycles. The van der Waals surface area contributed by atoms with Gasteiger partial charge in [-0.1, -0.05) is 6.07 Å². The second-order valence-electron chi connectivity index (χ2n) is 4.58. The van der Waals surface area contributed by atoms with Gasteiger partial charge in [-0.3, -0.25) is 0 Å². The molecule has 0 aliphatic carbocycles. The van der Waals surface area contributed by atoms with Gasteiger partial charge >= 0.3 is 0 Å². The van der Waals surface area contributed by atoms with E-state index in [2.05, 4.69) is 5.10 Å². The Balaban J connectivity index is 2.22. The van der Waals surface area contributed by atoms with Crippen LogP contribution in [-0.4, -0.2) is 39.1 Å². The molecule has 0 aromatic heterocycles.